The normalized spacial score (nSPS) is 11.3. The zero-order chi connectivity index (χ0) is 20.8. The van der Waals surface area contributed by atoms with E-state index in [0.717, 1.165) is 11.1 Å². The van der Waals surface area contributed by atoms with Crippen molar-refractivity contribution in [3.8, 4) is 28.0 Å². The fourth-order valence-electron chi connectivity index (χ4n) is 4.41. The molecule has 0 saturated heterocycles. The van der Waals surface area contributed by atoms with Crippen LogP contribution in [-0.2, 0) is 0 Å². The second-order valence-corrected chi connectivity index (χ2v) is 8.14. The van der Waals surface area contributed by atoms with Gasteiger partial charge in [0.15, 0.2) is 0 Å². The quantitative estimate of drug-likeness (QED) is 0.304. The van der Waals surface area contributed by atoms with Gasteiger partial charge in [-0.3, -0.25) is 0 Å². The Labute approximate surface area is 177 Å². The number of hydrogen-bond donors (Lipinski definition) is 1. The summed E-state index contributed by atoms with van der Waals surface area (Å²) in [5.74, 6) is 0.332. The summed E-state index contributed by atoms with van der Waals surface area (Å²) in [6.07, 6.45) is 0. The molecule has 0 unspecified atom stereocenters. The van der Waals surface area contributed by atoms with Crippen LogP contribution >= 0.6 is 0 Å². The number of fused-ring (bicyclic) bond motifs is 2. The smallest absolute Gasteiger partial charge is 0.119 e. The van der Waals surface area contributed by atoms with Crippen LogP contribution in [0.2, 0.25) is 0 Å². The van der Waals surface area contributed by atoms with Crippen LogP contribution in [0.5, 0.6) is 5.75 Å². The van der Waals surface area contributed by atoms with Crippen LogP contribution in [0, 0.1) is 20.8 Å². The van der Waals surface area contributed by atoms with Crippen molar-refractivity contribution in [1.82, 2.24) is 0 Å². The van der Waals surface area contributed by atoms with Crippen LogP contribution in [0.3, 0.4) is 0 Å². The molecule has 0 amide bonds. The van der Waals surface area contributed by atoms with Crippen molar-refractivity contribution in [3.63, 3.8) is 0 Å². The maximum Gasteiger partial charge on any atom is 0.119 e. The van der Waals surface area contributed by atoms with Gasteiger partial charge in [-0.25, -0.2) is 0 Å². The van der Waals surface area contributed by atoms with Gasteiger partial charge in [0.05, 0.1) is 0 Å². The second-order valence-electron chi connectivity index (χ2n) is 8.14. The summed E-state index contributed by atoms with van der Waals surface area (Å²) >= 11 is 0. The largest absolute Gasteiger partial charge is 0.508 e. The highest BCUT2D eigenvalue weighted by Gasteiger charge is 2.17. The molecule has 0 spiro atoms. The Bertz CT molecular complexity index is 1260. The Hall–Kier alpha value is -3.58. The van der Waals surface area contributed by atoms with E-state index in [-0.39, 0.29) is 0 Å². The lowest BCUT2D eigenvalue weighted by Gasteiger charge is -2.18. The van der Waals surface area contributed by atoms with Crippen molar-refractivity contribution in [2.45, 2.75) is 20.8 Å². The van der Waals surface area contributed by atoms with E-state index in [9.17, 15) is 5.11 Å². The molecular formula is C29H24O. The van der Waals surface area contributed by atoms with E-state index in [1.165, 1.54) is 49.4 Å². The highest BCUT2D eigenvalue weighted by molar-refractivity contribution is 6.21. The molecule has 146 valence electrons. The van der Waals surface area contributed by atoms with E-state index in [1.807, 2.05) is 19.1 Å². The number of rotatable bonds is 2. The molecule has 0 aliphatic carbocycles. The minimum atomic E-state index is 0.332. The Morgan fingerprint density at radius 1 is 0.467 bits per heavy atom. The maximum absolute atomic E-state index is 10.4. The molecule has 1 N–H and O–H groups in total. The van der Waals surface area contributed by atoms with Crippen molar-refractivity contribution in [3.05, 3.63) is 102 Å². The Kier molecular flexibility index (Phi) is 4.33. The standard InChI is InChI=1S/C29H24O/c1-18-12-14-21(16-20(18)3)28-23-8-4-6-10-25(23)29(26-11-7-5-9-24(26)28)22-15-13-19(2)27(30)17-22/h4-17,30H,1-3H3. The first kappa shape index (κ1) is 18.4. The van der Waals surface area contributed by atoms with Crippen molar-refractivity contribution in [2.75, 3.05) is 0 Å². The maximum atomic E-state index is 10.4. The molecule has 0 aliphatic heterocycles. The van der Waals surface area contributed by atoms with Crippen LogP contribution < -0.4 is 0 Å². The van der Waals surface area contributed by atoms with Crippen LogP contribution in [0.25, 0.3) is 43.8 Å². The average molecular weight is 389 g/mol. The molecule has 0 heterocycles. The molecule has 5 aromatic rings. The molecular weight excluding hydrogens is 364 g/mol. The molecule has 5 aromatic carbocycles. The molecule has 5 rings (SSSR count). The predicted molar refractivity (Wildman–Crippen MR) is 128 cm³/mol. The first-order chi connectivity index (χ1) is 14.5. The van der Waals surface area contributed by atoms with Gasteiger partial charge in [-0.1, -0.05) is 78.9 Å². The van der Waals surface area contributed by atoms with E-state index in [2.05, 4.69) is 86.6 Å². The van der Waals surface area contributed by atoms with E-state index in [4.69, 9.17) is 0 Å². The zero-order valence-corrected chi connectivity index (χ0v) is 17.5. The van der Waals surface area contributed by atoms with Gasteiger partial charge < -0.3 is 5.11 Å². The van der Waals surface area contributed by atoms with Crippen LogP contribution in [0.4, 0.5) is 0 Å². The summed E-state index contributed by atoms with van der Waals surface area (Å²) in [6, 6.07) is 29.9. The lowest BCUT2D eigenvalue weighted by Crippen LogP contribution is -1.92. The molecule has 1 heteroatoms. The van der Waals surface area contributed by atoms with E-state index in [0.29, 0.717) is 5.75 Å². The topological polar surface area (TPSA) is 20.2 Å². The van der Waals surface area contributed by atoms with E-state index >= 15 is 0 Å². The lowest BCUT2D eigenvalue weighted by molar-refractivity contribution is 0.471. The SMILES string of the molecule is Cc1ccc(-c2c3ccccc3c(-c3ccc(C)c(O)c3)c3ccccc23)cc1C. The molecule has 0 aliphatic rings. The van der Waals surface area contributed by atoms with Gasteiger partial charge >= 0.3 is 0 Å². The zero-order valence-electron chi connectivity index (χ0n) is 17.5. The van der Waals surface area contributed by atoms with E-state index < -0.39 is 0 Å². The number of phenols is 1. The van der Waals surface area contributed by atoms with E-state index in [1.54, 1.807) is 0 Å². The fraction of sp³-hybridized carbons (Fsp3) is 0.103. The Morgan fingerprint density at radius 3 is 1.33 bits per heavy atom. The average Bonchev–Trinajstić information content (AvgIpc) is 2.76. The molecule has 1 nitrogen and oxygen atoms in total. The molecule has 0 fully saturated rings. The van der Waals surface area contributed by atoms with Crippen molar-refractivity contribution in [2.24, 2.45) is 0 Å². The third kappa shape index (κ3) is 2.86. The number of benzene rings is 5. The summed E-state index contributed by atoms with van der Waals surface area (Å²) in [7, 11) is 0. The van der Waals surface area contributed by atoms with Crippen LogP contribution in [-0.4, -0.2) is 5.11 Å². The minimum absolute atomic E-state index is 0.332. The van der Waals surface area contributed by atoms with Crippen molar-refractivity contribution >= 4 is 21.5 Å². The van der Waals surface area contributed by atoms with Gasteiger partial charge in [-0.2, -0.15) is 0 Å². The van der Waals surface area contributed by atoms with Gasteiger partial charge in [0, 0.05) is 0 Å². The summed E-state index contributed by atoms with van der Waals surface area (Å²) in [6.45, 7) is 6.26. The van der Waals surface area contributed by atoms with Crippen LogP contribution in [0.15, 0.2) is 84.9 Å². The number of hydrogen-bond acceptors (Lipinski definition) is 1. The number of aryl methyl sites for hydroxylation is 3. The third-order valence-corrected chi connectivity index (χ3v) is 6.22. The summed E-state index contributed by atoms with van der Waals surface area (Å²) in [4.78, 5) is 0. The van der Waals surface area contributed by atoms with Gasteiger partial charge in [-0.15, -0.1) is 0 Å². The monoisotopic (exact) mass is 388 g/mol. The number of phenolic OH excluding ortho intramolecular Hbond substituents is 1. The van der Waals surface area contributed by atoms with Gasteiger partial charge in [0.25, 0.3) is 0 Å². The lowest BCUT2D eigenvalue weighted by atomic mass is 9.85. The molecule has 0 bridgehead atoms. The van der Waals surface area contributed by atoms with Crippen molar-refractivity contribution in [1.29, 1.82) is 0 Å². The minimum Gasteiger partial charge on any atom is -0.508 e. The summed E-state index contributed by atoms with van der Waals surface area (Å²) < 4.78 is 0. The molecule has 30 heavy (non-hydrogen) atoms. The summed E-state index contributed by atoms with van der Waals surface area (Å²) in [5.41, 5.74) is 8.21. The highest BCUT2D eigenvalue weighted by atomic mass is 16.3. The highest BCUT2D eigenvalue weighted by Crippen LogP contribution is 2.44. The molecule has 0 atom stereocenters. The number of aromatic hydroxyl groups is 1. The molecule has 0 aromatic heterocycles. The summed E-state index contributed by atoms with van der Waals surface area (Å²) in [5, 5.41) is 15.3. The first-order valence-electron chi connectivity index (χ1n) is 10.4. The first-order valence-corrected chi connectivity index (χ1v) is 10.4. The van der Waals surface area contributed by atoms with Gasteiger partial charge in [-0.05, 0) is 87.3 Å². The Morgan fingerprint density at radius 2 is 0.900 bits per heavy atom. The Balaban J connectivity index is 1.96. The molecule has 0 saturated carbocycles. The second kappa shape index (κ2) is 7.03. The predicted octanol–water partition coefficient (Wildman–Crippen LogP) is 7.96. The fourth-order valence-corrected chi connectivity index (χ4v) is 4.41. The van der Waals surface area contributed by atoms with Gasteiger partial charge in [0.2, 0.25) is 0 Å². The van der Waals surface area contributed by atoms with Gasteiger partial charge in [0.1, 0.15) is 5.75 Å². The third-order valence-electron chi connectivity index (χ3n) is 6.22. The molecule has 0 radical (unpaired) electrons. The van der Waals surface area contributed by atoms with Crippen molar-refractivity contribution < 1.29 is 5.11 Å². The van der Waals surface area contributed by atoms with Crippen LogP contribution in [0.1, 0.15) is 16.7 Å².